The van der Waals surface area contributed by atoms with Crippen molar-refractivity contribution >= 4 is 10.1 Å². The molecule has 0 aliphatic heterocycles. The summed E-state index contributed by atoms with van der Waals surface area (Å²) >= 11 is 0. The molecule has 0 aliphatic carbocycles. The Bertz CT molecular complexity index is 412. The molecule has 0 saturated heterocycles. The van der Waals surface area contributed by atoms with E-state index in [1.54, 1.807) is 0 Å². The van der Waals surface area contributed by atoms with Crippen molar-refractivity contribution in [2.24, 2.45) is 0 Å². The van der Waals surface area contributed by atoms with Crippen molar-refractivity contribution in [2.75, 3.05) is 0 Å². The second-order valence-corrected chi connectivity index (χ2v) is 5.20. The van der Waals surface area contributed by atoms with E-state index in [1.165, 1.54) is 6.92 Å². The van der Waals surface area contributed by atoms with Gasteiger partial charge in [0.15, 0.2) is 16.3 Å². The first-order valence-corrected chi connectivity index (χ1v) is 6.37. The van der Waals surface area contributed by atoms with E-state index in [9.17, 15) is 43.7 Å². The summed E-state index contributed by atoms with van der Waals surface area (Å²) < 4.78 is 119. The van der Waals surface area contributed by atoms with Crippen LogP contribution in [-0.4, -0.2) is 36.2 Å². The molecule has 0 aromatic heterocycles. The van der Waals surface area contributed by atoms with Gasteiger partial charge in [0, 0.05) is 0 Å². The zero-order valence-corrected chi connectivity index (χ0v) is 13.3. The molecule has 0 aromatic rings. The van der Waals surface area contributed by atoms with Gasteiger partial charge in [-0.2, -0.15) is 26.3 Å². The average Bonchev–Trinajstić information content (AvgIpc) is 2.23. The van der Waals surface area contributed by atoms with Crippen LogP contribution < -0.4 is 29.6 Å². The number of unbranched alkanes of at least 4 members (excludes halogenated alkanes) is 1. The summed E-state index contributed by atoms with van der Waals surface area (Å²) in [6.07, 6.45) is -5.05. The summed E-state index contributed by atoms with van der Waals surface area (Å²) in [6, 6.07) is 0. The summed E-state index contributed by atoms with van der Waals surface area (Å²) in [7, 11) is -7.08. The minimum atomic E-state index is -7.08. The Morgan fingerprint density at radius 2 is 1.50 bits per heavy atom. The summed E-state index contributed by atoms with van der Waals surface area (Å²) in [5.41, 5.74) is 0. The molecule has 12 heteroatoms. The smallest absolute Gasteiger partial charge is 0.743 e. The van der Waals surface area contributed by atoms with E-state index in [0.29, 0.717) is 0 Å². The molecule has 0 fully saturated rings. The topological polar surface area (TPSA) is 57.2 Å². The maximum atomic E-state index is 12.9. The van der Waals surface area contributed by atoms with Gasteiger partial charge in [-0.3, -0.25) is 0 Å². The predicted molar refractivity (Wildman–Crippen MR) is 49.0 cm³/mol. The van der Waals surface area contributed by atoms with E-state index in [1.807, 2.05) is 0 Å². The van der Waals surface area contributed by atoms with Crippen LogP contribution in [0.4, 0.5) is 30.7 Å². The van der Waals surface area contributed by atoms with E-state index in [4.69, 9.17) is 0 Å². The summed E-state index contributed by atoms with van der Waals surface area (Å²) in [6.45, 7) is 1.40. The van der Waals surface area contributed by atoms with Gasteiger partial charge in [-0.15, -0.1) is 0 Å². The standard InChI is InChI=1S/C8H11F7O3S.Na/c1-2-3-4-5(9)6(10,11)7(12,13)8(14,15)19(16,17)18;/h5H,2-4H2,1H3,(H,16,17,18);/q;+1/p-1. The van der Waals surface area contributed by atoms with Gasteiger partial charge in [0.25, 0.3) is 0 Å². The molecule has 0 rings (SSSR count). The van der Waals surface area contributed by atoms with Crippen LogP contribution in [0, 0.1) is 0 Å². The van der Waals surface area contributed by atoms with Gasteiger partial charge in [0.1, 0.15) is 0 Å². The quantitative estimate of drug-likeness (QED) is 0.370. The van der Waals surface area contributed by atoms with Crippen molar-refractivity contribution in [1.82, 2.24) is 0 Å². The fourth-order valence-corrected chi connectivity index (χ4v) is 1.56. The third kappa shape index (κ3) is 3.99. The van der Waals surface area contributed by atoms with Crippen LogP contribution in [0.2, 0.25) is 0 Å². The van der Waals surface area contributed by atoms with Crippen LogP contribution in [0.25, 0.3) is 0 Å². The van der Waals surface area contributed by atoms with Crippen molar-refractivity contribution in [2.45, 2.75) is 49.5 Å². The molecule has 1 atom stereocenters. The van der Waals surface area contributed by atoms with Crippen molar-refractivity contribution < 1.29 is 73.3 Å². The number of hydrogen-bond acceptors (Lipinski definition) is 3. The molecule has 20 heavy (non-hydrogen) atoms. The van der Waals surface area contributed by atoms with E-state index < -0.39 is 39.8 Å². The minimum absolute atomic E-state index is 0. The maximum absolute atomic E-state index is 12.9. The Labute approximate surface area is 132 Å². The van der Waals surface area contributed by atoms with Crippen LogP contribution >= 0.6 is 0 Å². The second-order valence-electron chi connectivity index (χ2n) is 3.78. The molecule has 3 nitrogen and oxygen atoms in total. The number of hydrogen-bond donors (Lipinski definition) is 0. The summed E-state index contributed by atoms with van der Waals surface area (Å²) in [4.78, 5) is 0. The van der Waals surface area contributed by atoms with Crippen LogP contribution in [0.5, 0.6) is 0 Å². The average molecular weight is 342 g/mol. The molecule has 0 radical (unpaired) electrons. The molecule has 0 spiro atoms. The van der Waals surface area contributed by atoms with Crippen molar-refractivity contribution in [3.8, 4) is 0 Å². The number of rotatable bonds is 7. The maximum Gasteiger partial charge on any atom is 1.00 e. The van der Waals surface area contributed by atoms with E-state index in [-0.39, 0.29) is 42.4 Å². The largest absolute Gasteiger partial charge is 1.00 e. The minimum Gasteiger partial charge on any atom is -0.743 e. The number of alkyl halides is 7. The molecule has 0 bridgehead atoms. The Morgan fingerprint density at radius 3 is 1.80 bits per heavy atom. The molecule has 116 valence electrons. The molecular weight excluding hydrogens is 332 g/mol. The van der Waals surface area contributed by atoms with Crippen molar-refractivity contribution in [3.05, 3.63) is 0 Å². The summed E-state index contributed by atoms with van der Waals surface area (Å²) in [5.74, 6) is -12.6. The summed E-state index contributed by atoms with van der Waals surface area (Å²) in [5, 5.41) is -6.61. The van der Waals surface area contributed by atoms with Crippen molar-refractivity contribution in [1.29, 1.82) is 0 Å². The predicted octanol–water partition coefficient (Wildman–Crippen LogP) is -0.0727. The molecule has 0 aliphatic rings. The SMILES string of the molecule is CCCCC(F)C(F)(F)C(F)(F)C(F)(F)S(=O)(=O)[O-].[Na+]. The van der Waals surface area contributed by atoms with Crippen molar-refractivity contribution in [3.63, 3.8) is 0 Å². The van der Waals surface area contributed by atoms with Gasteiger partial charge in [-0.1, -0.05) is 19.8 Å². The first-order chi connectivity index (χ1) is 8.23. The van der Waals surface area contributed by atoms with Gasteiger partial charge in [0.2, 0.25) is 0 Å². The van der Waals surface area contributed by atoms with Gasteiger partial charge < -0.3 is 4.55 Å². The molecule has 0 saturated carbocycles. The van der Waals surface area contributed by atoms with Gasteiger partial charge in [0.05, 0.1) is 0 Å². The first kappa shape index (κ1) is 22.7. The van der Waals surface area contributed by atoms with E-state index in [2.05, 4.69) is 0 Å². The molecule has 0 N–H and O–H groups in total. The third-order valence-corrected chi connectivity index (χ3v) is 3.19. The zero-order valence-electron chi connectivity index (χ0n) is 10.5. The fraction of sp³-hybridized carbons (Fsp3) is 1.00. The van der Waals surface area contributed by atoms with Crippen LogP contribution in [0.1, 0.15) is 26.2 Å². The Morgan fingerprint density at radius 1 is 1.10 bits per heavy atom. The second kappa shape index (κ2) is 7.12. The zero-order chi connectivity index (χ0) is 15.7. The molecule has 0 amide bonds. The van der Waals surface area contributed by atoms with Crippen LogP contribution in [0.3, 0.4) is 0 Å². The number of halogens is 7. The molecular formula is C8H10F7NaO3S. The molecule has 0 aromatic carbocycles. The Balaban J connectivity index is 0. The van der Waals surface area contributed by atoms with Gasteiger partial charge >= 0.3 is 46.7 Å². The first-order valence-electron chi connectivity index (χ1n) is 4.96. The normalized spacial score (nSPS) is 15.7. The Hall–Kier alpha value is 0.420. The van der Waals surface area contributed by atoms with Crippen LogP contribution in [-0.2, 0) is 10.1 Å². The monoisotopic (exact) mass is 342 g/mol. The van der Waals surface area contributed by atoms with Gasteiger partial charge in [-0.05, 0) is 6.42 Å². The fourth-order valence-electron chi connectivity index (χ4n) is 1.11. The molecule has 1 unspecified atom stereocenters. The van der Waals surface area contributed by atoms with E-state index in [0.717, 1.165) is 0 Å². The van der Waals surface area contributed by atoms with Gasteiger partial charge in [-0.25, -0.2) is 12.8 Å². The molecule has 0 heterocycles. The Kier molecular flexibility index (Phi) is 8.08. The third-order valence-electron chi connectivity index (χ3n) is 2.30. The van der Waals surface area contributed by atoms with Crippen LogP contribution in [0.15, 0.2) is 0 Å². The van der Waals surface area contributed by atoms with E-state index >= 15 is 0 Å².